The van der Waals surface area contributed by atoms with Crippen LogP contribution < -0.4 is 4.74 Å². The Morgan fingerprint density at radius 1 is 0.698 bits per heavy atom. The van der Waals surface area contributed by atoms with Crippen molar-refractivity contribution in [2.24, 2.45) is 0 Å². The predicted molar refractivity (Wildman–Crippen MR) is 163 cm³/mol. The Hall–Kier alpha value is -5.43. The van der Waals surface area contributed by atoms with E-state index in [1.165, 1.54) is 6.07 Å². The standard InChI is InChI=1S/C36H24F3N3O/c37-36(38,39)30-16-8-15-29-33(26(22-40-34(29)30)19-23-9-2-1-3-10-23)24-11-6-13-27(20-24)43-28-14-7-12-25(21-28)35-41-31-17-4-5-18-32(31)42-35/h1-18,20-22H,19H2,(H,41,42). The molecule has 43 heavy (non-hydrogen) atoms. The van der Waals surface area contributed by atoms with E-state index in [1.807, 2.05) is 103 Å². The predicted octanol–water partition coefficient (Wildman–Crippen LogP) is 9.85. The van der Waals surface area contributed by atoms with Gasteiger partial charge in [-0.15, -0.1) is 0 Å². The van der Waals surface area contributed by atoms with Crippen LogP contribution in [0.15, 0.2) is 128 Å². The van der Waals surface area contributed by atoms with Gasteiger partial charge in [0.2, 0.25) is 0 Å². The molecule has 0 spiro atoms. The molecular formula is C36H24F3N3O. The molecule has 7 aromatic rings. The number of para-hydroxylation sites is 3. The van der Waals surface area contributed by atoms with Crippen LogP contribution in [0.3, 0.4) is 0 Å². The van der Waals surface area contributed by atoms with E-state index >= 15 is 0 Å². The van der Waals surface area contributed by atoms with Crippen LogP contribution in [0.1, 0.15) is 16.7 Å². The molecule has 2 aromatic heterocycles. The zero-order valence-electron chi connectivity index (χ0n) is 22.8. The lowest BCUT2D eigenvalue weighted by atomic mass is 9.92. The number of H-pyrrole nitrogens is 1. The Morgan fingerprint density at radius 3 is 2.16 bits per heavy atom. The van der Waals surface area contributed by atoms with Crippen molar-refractivity contribution in [2.75, 3.05) is 0 Å². The Labute approximate surface area is 245 Å². The largest absolute Gasteiger partial charge is 0.457 e. The zero-order chi connectivity index (χ0) is 29.4. The van der Waals surface area contributed by atoms with E-state index in [0.29, 0.717) is 28.9 Å². The molecule has 0 unspecified atom stereocenters. The monoisotopic (exact) mass is 571 g/mol. The van der Waals surface area contributed by atoms with E-state index in [-0.39, 0.29) is 5.52 Å². The number of pyridine rings is 1. The number of halogens is 3. The van der Waals surface area contributed by atoms with Gasteiger partial charge < -0.3 is 9.72 Å². The van der Waals surface area contributed by atoms with Crippen molar-refractivity contribution in [3.63, 3.8) is 0 Å². The fourth-order valence-corrected chi connectivity index (χ4v) is 5.43. The molecule has 0 saturated carbocycles. The summed E-state index contributed by atoms with van der Waals surface area (Å²) in [6.07, 6.45) is -2.45. The summed E-state index contributed by atoms with van der Waals surface area (Å²) < 4.78 is 48.2. The second kappa shape index (κ2) is 10.8. The molecule has 0 aliphatic rings. The number of hydrogen-bond acceptors (Lipinski definition) is 3. The summed E-state index contributed by atoms with van der Waals surface area (Å²) in [4.78, 5) is 12.3. The molecule has 0 amide bonds. The molecule has 7 rings (SSSR count). The van der Waals surface area contributed by atoms with Crippen LogP contribution in [0.2, 0.25) is 0 Å². The van der Waals surface area contributed by atoms with Gasteiger partial charge in [0.05, 0.1) is 22.1 Å². The minimum absolute atomic E-state index is 0.0772. The number of imidazole rings is 1. The van der Waals surface area contributed by atoms with Gasteiger partial charge in [-0.05, 0) is 71.1 Å². The van der Waals surface area contributed by atoms with Crippen molar-refractivity contribution in [3.8, 4) is 34.0 Å². The highest BCUT2D eigenvalue weighted by atomic mass is 19.4. The van der Waals surface area contributed by atoms with Crippen molar-refractivity contribution in [3.05, 3.63) is 144 Å². The van der Waals surface area contributed by atoms with Crippen LogP contribution in [0.5, 0.6) is 11.5 Å². The maximum absolute atomic E-state index is 14.0. The Kier molecular flexibility index (Phi) is 6.62. The number of aromatic nitrogens is 3. The van der Waals surface area contributed by atoms with Gasteiger partial charge in [-0.25, -0.2) is 4.98 Å². The van der Waals surface area contributed by atoms with Crippen LogP contribution in [0.4, 0.5) is 13.2 Å². The fraction of sp³-hybridized carbons (Fsp3) is 0.0556. The van der Waals surface area contributed by atoms with Gasteiger partial charge in [-0.1, -0.05) is 78.9 Å². The molecule has 2 heterocycles. The molecule has 0 aliphatic carbocycles. The normalized spacial score (nSPS) is 11.7. The van der Waals surface area contributed by atoms with Crippen molar-refractivity contribution < 1.29 is 17.9 Å². The van der Waals surface area contributed by atoms with Crippen LogP contribution in [0, 0.1) is 0 Å². The smallest absolute Gasteiger partial charge is 0.418 e. The summed E-state index contributed by atoms with van der Waals surface area (Å²) in [5.41, 5.74) is 5.15. The highest BCUT2D eigenvalue weighted by Gasteiger charge is 2.33. The second-order valence-electron chi connectivity index (χ2n) is 10.3. The number of hydrogen-bond donors (Lipinski definition) is 1. The number of fused-ring (bicyclic) bond motifs is 2. The molecule has 4 nitrogen and oxygen atoms in total. The minimum atomic E-state index is -4.53. The number of rotatable bonds is 6. The molecule has 0 saturated heterocycles. The van der Waals surface area contributed by atoms with E-state index in [2.05, 4.69) is 15.0 Å². The molecule has 0 atom stereocenters. The number of aromatic amines is 1. The Morgan fingerprint density at radius 2 is 1.40 bits per heavy atom. The maximum atomic E-state index is 14.0. The third kappa shape index (κ3) is 5.33. The molecule has 210 valence electrons. The first-order chi connectivity index (χ1) is 20.9. The number of ether oxygens (including phenoxy) is 1. The molecule has 5 aromatic carbocycles. The first kappa shape index (κ1) is 26.5. The molecule has 1 N–H and O–H groups in total. The van der Waals surface area contributed by atoms with E-state index in [1.54, 1.807) is 12.3 Å². The van der Waals surface area contributed by atoms with Gasteiger partial charge in [0, 0.05) is 17.1 Å². The molecular weight excluding hydrogens is 547 g/mol. The van der Waals surface area contributed by atoms with Gasteiger partial charge in [-0.3, -0.25) is 4.98 Å². The van der Waals surface area contributed by atoms with Crippen molar-refractivity contribution in [2.45, 2.75) is 12.6 Å². The molecule has 0 bridgehead atoms. The number of nitrogens with one attached hydrogen (secondary N) is 1. The van der Waals surface area contributed by atoms with Gasteiger partial charge >= 0.3 is 6.18 Å². The van der Waals surface area contributed by atoms with E-state index in [4.69, 9.17) is 4.74 Å². The maximum Gasteiger partial charge on any atom is 0.418 e. The minimum Gasteiger partial charge on any atom is -0.457 e. The lowest BCUT2D eigenvalue weighted by Crippen LogP contribution is -2.07. The topological polar surface area (TPSA) is 50.8 Å². The number of benzene rings is 5. The number of nitrogens with zero attached hydrogens (tertiary/aromatic N) is 2. The Balaban J connectivity index is 1.29. The first-order valence-corrected chi connectivity index (χ1v) is 13.8. The Bertz CT molecular complexity index is 2050. The van der Waals surface area contributed by atoms with Gasteiger partial charge in [0.25, 0.3) is 0 Å². The van der Waals surface area contributed by atoms with Crippen LogP contribution in [-0.2, 0) is 12.6 Å². The average molecular weight is 572 g/mol. The van der Waals surface area contributed by atoms with Gasteiger partial charge in [0.15, 0.2) is 0 Å². The SMILES string of the molecule is FC(F)(F)c1cccc2c(-c3cccc(Oc4cccc(-c5nc6ccccc6[nH]5)c4)c3)c(Cc3ccccc3)cnc12. The molecule has 0 radical (unpaired) electrons. The van der Waals surface area contributed by atoms with E-state index in [0.717, 1.165) is 45.2 Å². The van der Waals surface area contributed by atoms with E-state index in [9.17, 15) is 13.2 Å². The summed E-state index contributed by atoms with van der Waals surface area (Å²) in [5, 5.41) is 0.437. The summed E-state index contributed by atoms with van der Waals surface area (Å²) in [6.45, 7) is 0. The molecule has 0 fully saturated rings. The highest BCUT2D eigenvalue weighted by Crippen LogP contribution is 2.40. The first-order valence-electron chi connectivity index (χ1n) is 13.8. The third-order valence-electron chi connectivity index (χ3n) is 7.37. The summed E-state index contributed by atoms with van der Waals surface area (Å²) in [5.74, 6) is 1.90. The second-order valence-corrected chi connectivity index (χ2v) is 10.3. The van der Waals surface area contributed by atoms with E-state index < -0.39 is 11.7 Å². The van der Waals surface area contributed by atoms with Crippen molar-refractivity contribution in [1.82, 2.24) is 15.0 Å². The average Bonchev–Trinajstić information content (AvgIpc) is 3.46. The molecule has 0 aliphatic heterocycles. The summed E-state index contributed by atoms with van der Waals surface area (Å²) >= 11 is 0. The third-order valence-corrected chi connectivity index (χ3v) is 7.37. The van der Waals surface area contributed by atoms with Gasteiger partial charge in [-0.2, -0.15) is 13.2 Å². The van der Waals surface area contributed by atoms with Crippen LogP contribution in [-0.4, -0.2) is 15.0 Å². The van der Waals surface area contributed by atoms with Crippen LogP contribution in [0.25, 0.3) is 44.5 Å². The molecule has 7 heteroatoms. The van der Waals surface area contributed by atoms with Crippen molar-refractivity contribution in [1.29, 1.82) is 0 Å². The quantitative estimate of drug-likeness (QED) is 0.216. The zero-order valence-corrected chi connectivity index (χ0v) is 22.8. The fourth-order valence-electron chi connectivity index (χ4n) is 5.43. The summed E-state index contributed by atoms with van der Waals surface area (Å²) in [6, 6.07) is 36.9. The van der Waals surface area contributed by atoms with Crippen LogP contribution >= 0.6 is 0 Å². The highest BCUT2D eigenvalue weighted by molar-refractivity contribution is 5.98. The lowest BCUT2D eigenvalue weighted by Gasteiger charge is -2.17. The summed E-state index contributed by atoms with van der Waals surface area (Å²) in [7, 11) is 0. The van der Waals surface area contributed by atoms with Gasteiger partial charge in [0.1, 0.15) is 17.3 Å². The number of alkyl halides is 3. The van der Waals surface area contributed by atoms with Crippen molar-refractivity contribution >= 4 is 21.9 Å². The lowest BCUT2D eigenvalue weighted by molar-refractivity contribution is -0.136.